The summed E-state index contributed by atoms with van der Waals surface area (Å²) in [5.74, 6) is 2.40. The molecule has 2 rings (SSSR count). The molecule has 0 radical (unpaired) electrons. The van der Waals surface area contributed by atoms with Gasteiger partial charge in [-0.1, -0.05) is 24.3 Å². The number of benzene rings is 2. The molecule has 7 heteroatoms. The average Bonchev–Trinajstić information content (AvgIpc) is 2.71. The molecule has 0 bridgehead atoms. The second-order valence-corrected chi connectivity index (χ2v) is 5.85. The maximum atomic E-state index is 5.73. The van der Waals surface area contributed by atoms with Crippen LogP contribution in [0.2, 0.25) is 0 Å². The second-order valence-electron chi connectivity index (χ2n) is 5.85. The number of methoxy groups -OCH3 is 2. The van der Waals surface area contributed by atoms with Crippen molar-refractivity contribution in [3.8, 4) is 11.5 Å². The first-order valence-electron chi connectivity index (χ1n) is 9.11. The third-order valence-electron chi connectivity index (χ3n) is 3.89. The highest BCUT2D eigenvalue weighted by Crippen LogP contribution is 2.16. The van der Waals surface area contributed by atoms with Gasteiger partial charge in [-0.25, -0.2) is 4.99 Å². The molecule has 0 aromatic heterocycles. The number of nitrogens with one attached hydrogen (secondary N) is 2. The molecule has 0 aliphatic rings. The van der Waals surface area contributed by atoms with Gasteiger partial charge < -0.3 is 24.8 Å². The highest BCUT2D eigenvalue weighted by atomic mass is 127. The predicted octanol–water partition coefficient (Wildman–Crippen LogP) is 3.59. The molecule has 2 N–H and O–H groups in total. The van der Waals surface area contributed by atoms with Crippen LogP contribution in [0.15, 0.2) is 53.5 Å². The molecule has 0 saturated heterocycles. The molecule has 0 heterocycles. The van der Waals surface area contributed by atoms with Crippen LogP contribution < -0.4 is 20.1 Å². The van der Waals surface area contributed by atoms with Gasteiger partial charge in [0.1, 0.15) is 18.1 Å². The number of ether oxygens (including phenoxy) is 3. The van der Waals surface area contributed by atoms with Gasteiger partial charge >= 0.3 is 0 Å². The summed E-state index contributed by atoms with van der Waals surface area (Å²) < 4.78 is 16.1. The molecule has 2 aromatic carbocycles. The van der Waals surface area contributed by atoms with Gasteiger partial charge in [0.2, 0.25) is 0 Å². The first kappa shape index (κ1) is 24.0. The van der Waals surface area contributed by atoms with E-state index >= 15 is 0 Å². The molecule has 0 fully saturated rings. The van der Waals surface area contributed by atoms with Crippen molar-refractivity contribution < 1.29 is 14.2 Å². The van der Waals surface area contributed by atoms with Gasteiger partial charge in [0.25, 0.3) is 0 Å². The number of guanidine groups is 1. The highest BCUT2D eigenvalue weighted by Gasteiger charge is 2.02. The molecule has 0 unspecified atom stereocenters. The largest absolute Gasteiger partial charge is 0.497 e. The molecule has 0 spiro atoms. The number of rotatable bonds is 10. The van der Waals surface area contributed by atoms with E-state index in [2.05, 4.69) is 27.8 Å². The van der Waals surface area contributed by atoms with Crippen LogP contribution in [0.5, 0.6) is 11.5 Å². The minimum Gasteiger partial charge on any atom is -0.497 e. The minimum atomic E-state index is 0. The predicted molar refractivity (Wildman–Crippen MR) is 124 cm³/mol. The van der Waals surface area contributed by atoms with Crippen molar-refractivity contribution in [2.24, 2.45) is 4.99 Å². The van der Waals surface area contributed by atoms with Crippen molar-refractivity contribution in [2.75, 3.05) is 33.9 Å². The first-order chi connectivity index (χ1) is 13.3. The molecule has 0 saturated carbocycles. The van der Waals surface area contributed by atoms with Gasteiger partial charge in [-0.15, -0.1) is 24.0 Å². The van der Waals surface area contributed by atoms with E-state index in [0.717, 1.165) is 35.1 Å². The van der Waals surface area contributed by atoms with Crippen molar-refractivity contribution in [1.29, 1.82) is 0 Å². The fourth-order valence-electron chi connectivity index (χ4n) is 2.52. The Morgan fingerprint density at radius 3 is 2.25 bits per heavy atom. The summed E-state index contributed by atoms with van der Waals surface area (Å²) in [6.45, 7) is 5.21. The Morgan fingerprint density at radius 1 is 0.929 bits per heavy atom. The summed E-state index contributed by atoms with van der Waals surface area (Å²) in [7, 11) is 3.35. The van der Waals surface area contributed by atoms with E-state index < -0.39 is 0 Å². The van der Waals surface area contributed by atoms with Crippen molar-refractivity contribution in [3.05, 3.63) is 59.7 Å². The second kappa shape index (κ2) is 14.1. The van der Waals surface area contributed by atoms with Crippen LogP contribution in [0.3, 0.4) is 0 Å². The molecule has 6 nitrogen and oxygen atoms in total. The van der Waals surface area contributed by atoms with Crippen molar-refractivity contribution in [2.45, 2.75) is 20.1 Å². The average molecular weight is 499 g/mol. The molecule has 0 amide bonds. The first-order valence-corrected chi connectivity index (χ1v) is 9.11. The SMILES string of the molecule is CCNC(=NCc1ccccc1COC)NCCOc1ccc(OC)cc1.I. The Labute approximate surface area is 184 Å². The van der Waals surface area contributed by atoms with E-state index in [1.807, 2.05) is 43.3 Å². The van der Waals surface area contributed by atoms with Crippen molar-refractivity contribution in [1.82, 2.24) is 10.6 Å². The van der Waals surface area contributed by atoms with E-state index in [-0.39, 0.29) is 24.0 Å². The van der Waals surface area contributed by atoms with Crippen LogP contribution >= 0.6 is 24.0 Å². The molecular formula is C21H30IN3O3. The third kappa shape index (κ3) is 8.35. The quantitative estimate of drug-likeness (QED) is 0.227. The Balaban J connectivity index is 0.00000392. The van der Waals surface area contributed by atoms with Gasteiger partial charge in [0.15, 0.2) is 5.96 Å². The number of halogens is 1. The lowest BCUT2D eigenvalue weighted by Gasteiger charge is -2.13. The van der Waals surface area contributed by atoms with Crippen LogP contribution in [0.1, 0.15) is 18.1 Å². The zero-order chi connectivity index (χ0) is 19.3. The number of hydrogen-bond acceptors (Lipinski definition) is 4. The summed E-state index contributed by atoms with van der Waals surface area (Å²) in [5, 5.41) is 6.55. The summed E-state index contributed by atoms with van der Waals surface area (Å²) in [4.78, 5) is 4.66. The molecule has 0 aliphatic carbocycles. The number of nitrogens with zero attached hydrogens (tertiary/aromatic N) is 1. The molecule has 0 atom stereocenters. The van der Waals surface area contributed by atoms with Gasteiger partial charge in [-0.2, -0.15) is 0 Å². The molecular weight excluding hydrogens is 469 g/mol. The Kier molecular flexibility index (Phi) is 12.1. The Hall–Kier alpha value is -2.00. The molecule has 2 aromatic rings. The van der Waals surface area contributed by atoms with Crippen LogP contribution in [-0.2, 0) is 17.9 Å². The summed E-state index contributed by atoms with van der Waals surface area (Å²) in [6.07, 6.45) is 0. The molecule has 0 aliphatic heterocycles. The Morgan fingerprint density at radius 2 is 1.61 bits per heavy atom. The summed E-state index contributed by atoms with van der Waals surface area (Å²) in [6, 6.07) is 15.7. The minimum absolute atomic E-state index is 0. The zero-order valence-electron chi connectivity index (χ0n) is 16.7. The van der Waals surface area contributed by atoms with Crippen LogP contribution in [0, 0.1) is 0 Å². The van der Waals surface area contributed by atoms with Crippen LogP contribution in [-0.4, -0.2) is 39.9 Å². The van der Waals surface area contributed by atoms with E-state index in [1.54, 1.807) is 14.2 Å². The van der Waals surface area contributed by atoms with Crippen LogP contribution in [0.25, 0.3) is 0 Å². The van der Waals surface area contributed by atoms with Gasteiger partial charge in [-0.3, -0.25) is 0 Å². The lowest BCUT2D eigenvalue weighted by atomic mass is 10.1. The highest BCUT2D eigenvalue weighted by molar-refractivity contribution is 14.0. The van der Waals surface area contributed by atoms with Crippen molar-refractivity contribution in [3.63, 3.8) is 0 Å². The topological polar surface area (TPSA) is 64.1 Å². The maximum absolute atomic E-state index is 5.73. The lowest BCUT2D eigenvalue weighted by Crippen LogP contribution is -2.39. The van der Waals surface area contributed by atoms with Gasteiger partial charge in [-0.05, 0) is 42.3 Å². The van der Waals surface area contributed by atoms with Gasteiger partial charge in [0.05, 0.1) is 26.8 Å². The van der Waals surface area contributed by atoms with E-state index in [9.17, 15) is 0 Å². The normalized spacial score (nSPS) is 10.8. The maximum Gasteiger partial charge on any atom is 0.191 e. The zero-order valence-corrected chi connectivity index (χ0v) is 19.1. The number of aliphatic imine (C=N–C) groups is 1. The van der Waals surface area contributed by atoms with Gasteiger partial charge in [0, 0.05) is 13.7 Å². The standard InChI is InChI=1S/C21H29N3O3.HI/c1-4-22-21(24-15-17-7-5-6-8-18(17)16-25-2)23-13-14-27-20-11-9-19(26-3)10-12-20;/h5-12H,4,13-16H2,1-3H3,(H2,22,23,24);1H. The Bertz CT molecular complexity index is 708. The van der Waals surface area contributed by atoms with E-state index in [4.69, 9.17) is 14.2 Å². The lowest BCUT2D eigenvalue weighted by molar-refractivity contribution is 0.184. The fourth-order valence-corrected chi connectivity index (χ4v) is 2.52. The smallest absolute Gasteiger partial charge is 0.191 e. The van der Waals surface area contributed by atoms with Crippen LogP contribution in [0.4, 0.5) is 0 Å². The third-order valence-corrected chi connectivity index (χ3v) is 3.89. The molecule has 154 valence electrons. The number of hydrogen-bond donors (Lipinski definition) is 2. The van der Waals surface area contributed by atoms with E-state index in [0.29, 0.717) is 26.3 Å². The fraction of sp³-hybridized carbons (Fsp3) is 0.381. The molecule has 28 heavy (non-hydrogen) atoms. The van der Waals surface area contributed by atoms with Crippen molar-refractivity contribution >= 4 is 29.9 Å². The summed E-state index contributed by atoms with van der Waals surface area (Å²) in [5.41, 5.74) is 2.31. The summed E-state index contributed by atoms with van der Waals surface area (Å²) >= 11 is 0. The van der Waals surface area contributed by atoms with E-state index in [1.165, 1.54) is 0 Å². The monoisotopic (exact) mass is 499 g/mol.